The summed E-state index contributed by atoms with van der Waals surface area (Å²) in [7, 11) is 0. The standard InChI is InChI=1S/C14H14BrFN2O3/c1-3-11(14(19)17-13-6-8(2)21-18-13)20-12-5-4-9(16)7-10(12)15/h4-7,11H,3H2,1-2H3,(H,17,18,19). The lowest BCUT2D eigenvalue weighted by Gasteiger charge is -2.17. The third-order valence-electron chi connectivity index (χ3n) is 2.71. The second-order valence-corrected chi connectivity index (χ2v) is 5.26. The molecule has 5 nitrogen and oxygen atoms in total. The molecule has 1 atom stereocenters. The van der Waals surface area contributed by atoms with Crippen LogP contribution in [0.15, 0.2) is 33.3 Å². The number of aromatic nitrogens is 1. The summed E-state index contributed by atoms with van der Waals surface area (Å²) in [4.78, 5) is 12.1. The Bertz CT molecular complexity index is 645. The zero-order chi connectivity index (χ0) is 15.4. The highest BCUT2D eigenvalue weighted by molar-refractivity contribution is 9.10. The smallest absolute Gasteiger partial charge is 0.266 e. The van der Waals surface area contributed by atoms with Crippen LogP contribution in [0.5, 0.6) is 5.75 Å². The minimum Gasteiger partial charge on any atom is -0.479 e. The molecule has 2 aromatic rings. The van der Waals surface area contributed by atoms with E-state index in [1.165, 1.54) is 18.2 Å². The second kappa shape index (κ2) is 6.71. The van der Waals surface area contributed by atoms with Gasteiger partial charge in [-0.05, 0) is 47.5 Å². The monoisotopic (exact) mass is 356 g/mol. The lowest BCUT2D eigenvalue weighted by Crippen LogP contribution is -2.32. The maximum Gasteiger partial charge on any atom is 0.266 e. The summed E-state index contributed by atoms with van der Waals surface area (Å²) in [5, 5.41) is 6.29. The molecular formula is C14H14BrFN2O3. The molecule has 0 aliphatic heterocycles. The van der Waals surface area contributed by atoms with Gasteiger partial charge < -0.3 is 14.6 Å². The van der Waals surface area contributed by atoms with Crippen LogP contribution in [-0.2, 0) is 4.79 Å². The van der Waals surface area contributed by atoms with Crippen LogP contribution in [0.4, 0.5) is 10.2 Å². The first-order chi connectivity index (χ1) is 9.99. The van der Waals surface area contributed by atoms with Crippen molar-refractivity contribution >= 4 is 27.7 Å². The number of ether oxygens (including phenoxy) is 1. The van der Waals surface area contributed by atoms with Crippen molar-refractivity contribution in [2.45, 2.75) is 26.4 Å². The Morgan fingerprint density at radius 1 is 1.52 bits per heavy atom. The Morgan fingerprint density at radius 2 is 2.29 bits per heavy atom. The number of aryl methyl sites for hydroxylation is 1. The van der Waals surface area contributed by atoms with Crippen LogP contribution in [0.1, 0.15) is 19.1 Å². The summed E-state index contributed by atoms with van der Waals surface area (Å²) in [6.07, 6.45) is -0.268. The van der Waals surface area contributed by atoms with Gasteiger partial charge in [0.2, 0.25) is 0 Å². The molecule has 0 aliphatic rings. The fourth-order valence-electron chi connectivity index (χ4n) is 1.68. The van der Waals surface area contributed by atoms with Gasteiger partial charge in [0, 0.05) is 6.07 Å². The number of nitrogens with zero attached hydrogens (tertiary/aromatic N) is 1. The molecule has 0 spiro atoms. The first kappa shape index (κ1) is 15.5. The van der Waals surface area contributed by atoms with Crippen molar-refractivity contribution in [2.75, 3.05) is 5.32 Å². The summed E-state index contributed by atoms with van der Waals surface area (Å²) in [6, 6.07) is 5.63. The van der Waals surface area contributed by atoms with Gasteiger partial charge in [0.05, 0.1) is 4.47 Å². The van der Waals surface area contributed by atoms with Crippen molar-refractivity contribution in [2.24, 2.45) is 0 Å². The molecule has 1 unspecified atom stereocenters. The van der Waals surface area contributed by atoms with E-state index in [9.17, 15) is 9.18 Å². The van der Waals surface area contributed by atoms with Crippen LogP contribution >= 0.6 is 15.9 Å². The molecule has 0 radical (unpaired) electrons. The number of rotatable bonds is 5. The zero-order valence-corrected chi connectivity index (χ0v) is 13.1. The van der Waals surface area contributed by atoms with Gasteiger partial charge in [-0.3, -0.25) is 4.79 Å². The van der Waals surface area contributed by atoms with E-state index < -0.39 is 6.10 Å². The molecule has 112 valence electrons. The molecule has 0 fully saturated rings. The van der Waals surface area contributed by atoms with Gasteiger partial charge in [-0.15, -0.1) is 0 Å². The predicted molar refractivity (Wildman–Crippen MR) is 78.7 cm³/mol. The van der Waals surface area contributed by atoms with Crippen molar-refractivity contribution in [1.82, 2.24) is 5.16 Å². The molecule has 7 heteroatoms. The first-order valence-corrected chi connectivity index (χ1v) is 7.14. The van der Waals surface area contributed by atoms with E-state index in [0.717, 1.165) is 0 Å². The number of benzene rings is 1. The molecule has 1 amide bonds. The summed E-state index contributed by atoms with van der Waals surface area (Å²) in [6.45, 7) is 3.54. The number of carbonyl (C=O) groups is 1. The van der Waals surface area contributed by atoms with Crippen molar-refractivity contribution in [3.8, 4) is 5.75 Å². The molecule has 0 saturated heterocycles. The minimum atomic E-state index is -0.719. The topological polar surface area (TPSA) is 64.4 Å². The molecular weight excluding hydrogens is 343 g/mol. The van der Waals surface area contributed by atoms with Crippen LogP contribution in [0, 0.1) is 12.7 Å². The van der Waals surface area contributed by atoms with E-state index in [2.05, 4.69) is 26.4 Å². The van der Waals surface area contributed by atoms with Gasteiger partial charge in [0.15, 0.2) is 11.9 Å². The van der Waals surface area contributed by atoms with Crippen LogP contribution < -0.4 is 10.1 Å². The number of carbonyl (C=O) groups excluding carboxylic acids is 1. The van der Waals surface area contributed by atoms with E-state index in [4.69, 9.17) is 9.26 Å². The first-order valence-electron chi connectivity index (χ1n) is 6.35. The van der Waals surface area contributed by atoms with Crippen molar-refractivity contribution < 1.29 is 18.4 Å². The summed E-state index contributed by atoms with van der Waals surface area (Å²) < 4.78 is 24.0. The van der Waals surface area contributed by atoms with Crippen LogP contribution in [-0.4, -0.2) is 17.2 Å². The van der Waals surface area contributed by atoms with E-state index in [-0.39, 0.29) is 11.7 Å². The third-order valence-corrected chi connectivity index (χ3v) is 3.33. The Morgan fingerprint density at radius 3 is 2.86 bits per heavy atom. The van der Waals surface area contributed by atoms with Crippen LogP contribution in [0.2, 0.25) is 0 Å². The van der Waals surface area contributed by atoms with E-state index in [0.29, 0.717) is 28.2 Å². The predicted octanol–water partition coefficient (Wildman–Crippen LogP) is 3.68. The molecule has 1 heterocycles. The zero-order valence-electron chi connectivity index (χ0n) is 11.5. The number of hydrogen-bond acceptors (Lipinski definition) is 4. The number of nitrogens with one attached hydrogen (secondary N) is 1. The molecule has 1 N–H and O–H groups in total. The Kier molecular flexibility index (Phi) is 4.95. The number of halogens is 2. The van der Waals surface area contributed by atoms with Gasteiger partial charge in [0.1, 0.15) is 17.3 Å². The fraction of sp³-hybridized carbons (Fsp3) is 0.286. The highest BCUT2D eigenvalue weighted by Crippen LogP contribution is 2.27. The molecule has 0 bridgehead atoms. The minimum absolute atomic E-state index is 0.331. The molecule has 2 rings (SSSR count). The second-order valence-electron chi connectivity index (χ2n) is 4.40. The normalized spacial score (nSPS) is 12.0. The van der Waals surface area contributed by atoms with Crippen molar-refractivity contribution in [3.63, 3.8) is 0 Å². The average molecular weight is 357 g/mol. The van der Waals surface area contributed by atoms with E-state index >= 15 is 0 Å². The molecule has 0 aliphatic carbocycles. The SMILES string of the molecule is CCC(Oc1ccc(F)cc1Br)C(=O)Nc1cc(C)on1. The van der Waals surface area contributed by atoms with Gasteiger partial charge >= 0.3 is 0 Å². The van der Waals surface area contributed by atoms with Gasteiger partial charge in [-0.25, -0.2) is 4.39 Å². The molecule has 0 saturated carbocycles. The van der Waals surface area contributed by atoms with Gasteiger partial charge in [-0.2, -0.15) is 0 Å². The number of amides is 1. The van der Waals surface area contributed by atoms with E-state index in [1.807, 2.05) is 6.92 Å². The largest absolute Gasteiger partial charge is 0.479 e. The molecule has 1 aromatic carbocycles. The van der Waals surface area contributed by atoms with Crippen molar-refractivity contribution in [1.29, 1.82) is 0 Å². The van der Waals surface area contributed by atoms with Crippen LogP contribution in [0.25, 0.3) is 0 Å². The number of anilines is 1. The Hall–Kier alpha value is -1.89. The average Bonchev–Trinajstić information content (AvgIpc) is 2.83. The summed E-state index contributed by atoms with van der Waals surface area (Å²) >= 11 is 3.20. The summed E-state index contributed by atoms with van der Waals surface area (Å²) in [5.74, 6) is 0.597. The Labute approximate surface area is 129 Å². The quantitative estimate of drug-likeness (QED) is 0.887. The Balaban J connectivity index is 2.06. The maximum absolute atomic E-state index is 13.0. The highest BCUT2D eigenvalue weighted by atomic mass is 79.9. The van der Waals surface area contributed by atoms with Gasteiger partial charge in [0.25, 0.3) is 5.91 Å². The molecule has 1 aromatic heterocycles. The number of hydrogen-bond donors (Lipinski definition) is 1. The van der Waals surface area contributed by atoms with Crippen LogP contribution in [0.3, 0.4) is 0 Å². The lowest BCUT2D eigenvalue weighted by atomic mass is 10.2. The molecule has 21 heavy (non-hydrogen) atoms. The van der Waals surface area contributed by atoms with Gasteiger partial charge in [-0.1, -0.05) is 12.1 Å². The maximum atomic E-state index is 13.0. The summed E-state index contributed by atoms with van der Waals surface area (Å²) in [5.41, 5.74) is 0. The third kappa shape index (κ3) is 4.04. The highest BCUT2D eigenvalue weighted by Gasteiger charge is 2.20. The fourth-order valence-corrected chi connectivity index (χ4v) is 2.12. The van der Waals surface area contributed by atoms with E-state index in [1.54, 1.807) is 13.0 Å². The van der Waals surface area contributed by atoms with Crippen molar-refractivity contribution in [3.05, 3.63) is 40.3 Å². The lowest BCUT2D eigenvalue weighted by molar-refractivity contribution is -0.122.